The maximum Gasteiger partial charge on any atom is 0.411 e. The van der Waals surface area contributed by atoms with E-state index in [0.29, 0.717) is 12.2 Å². The fourth-order valence-electron chi connectivity index (χ4n) is 1.62. The molecule has 0 saturated heterocycles. The van der Waals surface area contributed by atoms with Crippen LogP contribution in [0.5, 0.6) is 5.75 Å². The molecule has 0 amide bonds. The molecule has 1 unspecified atom stereocenters. The number of alkyl halides is 3. The first-order chi connectivity index (χ1) is 9.31. The Morgan fingerprint density at radius 1 is 1.35 bits per heavy atom. The lowest BCUT2D eigenvalue weighted by atomic mass is 10.1. The predicted octanol–water partition coefficient (Wildman–Crippen LogP) is 3.33. The zero-order valence-corrected chi connectivity index (χ0v) is 12.5. The lowest BCUT2D eigenvalue weighted by molar-refractivity contribution is -0.175. The van der Waals surface area contributed by atoms with Gasteiger partial charge in [0.15, 0.2) is 0 Å². The first kappa shape index (κ1) is 17.3. The van der Waals surface area contributed by atoms with Crippen molar-refractivity contribution < 1.29 is 27.8 Å². The molecule has 0 aromatic heterocycles. The van der Waals surface area contributed by atoms with Crippen LogP contribution in [0.4, 0.5) is 13.2 Å². The second-order valence-corrected chi connectivity index (χ2v) is 5.14. The van der Waals surface area contributed by atoms with E-state index in [-0.39, 0.29) is 13.0 Å². The zero-order valence-electron chi connectivity index (χ0n) is 10.9. The predicted molar refractivity (Wildman–Crippen MR) is 71.9 cm³/mol. The number of halogens is 4. The van der Waals surface area contributed by atoms with Crippen molar-refractivity contribution in [3.63, 3.8) is 0 Å². The average Bonchev–Trinajstić information content (AvgIpc) is 2.34. The SMILES string of the molecule is COc1ccc(CC(O)CCOCC(F)(F)F)cc1Br. The highest BCUT2D eigenvalue weighted by atomic mass is 79.9. The highest BCUT2D eigenvalue weighted by molar-refractivity contribution is 9.10. The van der Waals surface area contributed by atoms with Gasteiger partial charge in [0.2, 0.25) is 0 Å². The van der Waals surface area contributed by atoms with E-state index in [4.69, 9.17) is 4.74 Å². The van der Waals surface area contributed by atoms with Crippen molar-refractivity contribution in [2.24, 2.45) is 0 Å². The highest BCUT2D eigenvalue weighted by Crippen LogP contribution is 2.26. The van der Waals surface area contributed by atoms with E-state index < -0.39 is 18.9 Å². The molecule has 1 rings (SSSR count). The Hall–Kier alpha value is -0.790. The van der Waals surface area contributed by atoms with E-state index in [1.807, 2.05) is 0 Å². The van der Waals surface area contributed by atoms with Gasteiger partial charge < -0.3 is 14.6 Å². The molecule has 114 valence electrons. The van der Waals surface area contributed by atoms with E-state index in [1.165, 1.54) is 0 Å². The summed E-state index contributed by atoms with van der Waals surface area (Å²) in [6.45, 7) is -1.41. The summed E-state index contributed by atoms with van der Waals surface area (Å²) in [6, 6.07) is 5.36. The first-order valence-corrected chi connectivity index (χ1v) is 6.76. The molecule has 20 heavy (non-hydrogen) atoms. The van der Waals surface area contributed by atoms with Crippen LogP contribution in [0.25, 0.3) is 0 Å². The fourth-order valence-corrected chi connectivity index (χ4v) is 2.21. The van der Waals surface area contributed by atoms with Crippen LogP contribution in [-0.4, -0.2) is 37.7 Å². The van der Waals surface area contributed by atoms with Crippen LogP contribution in [0.15, 0.2) is 22.7 Å². The molecule has 0 heterocycles. The summed E-state index contributed by atoms with van der Waals surface area (Å²) in [5, 5.41) is 9.74. The summed E-state index contributed by atoms with van der Waals surface area (Å²) in [4.78, 5) is 0. The van der Waals surface area contributed by atoms with Crippen LogP contribution in [-0.2, 0) is 11.2 Å². The van der Waals surface area contributed by atoms with Crippen molar-refractivity contribution in [1.29, 1.82) is 0 Å². The second-order valence-electron chi connectivity index (χ2n) is 4.28. The van der Waals surface area contributed by atoms with Crippen molar-refractivity contribution >= 4 is 15.9 Å². The van der Waals surface area contributed by atoms with Crippen molar-refractivity contribution in [3.05, 3.63) is 28.2 Å². The minimum absolute atomic E-state index is 0.127. The van der Waals surface area contributed by atoms with Gasteiger partial charge in [-0.25, -0.2) is 0 Å². The second kappa shape index (κ2) is 7.85. The first-order valence-electron chi connectivity index (χ1n) is 5.97. The van der Waals surface area contributed by atoms with Gasteiger partial charge in [-0.3, -0.25) is 0 Å². The largest absolute Gasteiger partial charge is 0.496 e. The summed E-state index contributed by atoms with van der Waals surface area (Å²) < 4.78 is 45.8. The van der Waals surface area contributed by atoms with Crippen LogP contribution >= 0.6 is 15.9 Å². The quantitative estimate of drug-likeness (QED) is 0.761. The monoisotopic (exact) mass is 356 g/mol. The number of aliphatic hydroxyl groups is 1. The number of hydrogen-bond donors (Lipinski definition) is 1. The van der Waals surface area contributed by atoms with Crippen LogP contribution in [0.2, 0.25) is 0 Å². The van der Waals surface area contributed by atoms with Crippen LogP contribution in [0, 0.1) is 0 Å². The molecule has 0 spiro atoms. The van der Waals surface area contributed by atoms with E-state index >= 15 is 0 Å². The third-order valence-corrected chi connectivity index (χ3v) is 3.17. The maximum absolute atomic E-state index is 11.8. The summed E-state index contributed by atoms with van der Waals surface area (Å²) in [7, 11) is 1.55. The van der Waals surface area contributed by atoms with E-state index in [2.05, 4.69) is 20.7 Å². The van der Waals surface area contributed by atoms with Gasteiger partial charge in [-0.05, 0) is 46.5 Å². The Bertz CT molecular complexity index is 424. The summed E-state index contributed by atoms with van der Waals surface area (Å²) in [5.41, 5.74) is 0.862. The zero-order chi connectivity index (χ0) is 15.2. The number of ether oxygens (including phenoxy) is 2. The molecule has 0 fully saturated rings. The van der Waals surface area contributed by atoms with Gasteiger partial charge in [0.1, 0.15) is 12.4 Å². The minimum atomic E-state index is -4.33. The molecule has 1 aromatic carbocycles. The van der Waals surface area contributed by atoms with Gasteiger partial charge in [0.05, 0.1) is 17.7 Å². The van der Waals surface area contributed by atoms with Crippen molar-refractivity contribution in [1.82, 2.24) is 0 Å². The molecule has 1 N–H and O–H groups in total. The van der Waals surface area contributed by atoms with Crippen molar-refractivity contribution in [2.45, 2.75) is 25.1 Å². The topological polar surface area (TPSA) is 38.7 Å². The smallest absolute Gasteiger partial charge is 0.411 e. The highest BCUT2D eigenvalue weighted by Gasteiger charge is 2.27. The van der Waals surface area contributed by atoms with Crippen LogP contribution in [0.1, 0.15) is 12.0 Å². The molecule has 7 heteroatoms. The number of aliphatic hydroxyl groups excluding tert-OH is 1. The molecule has 0 radical (unpaired) electrons. The summed E-state index contributed by atoms with van der Waals surface area (Å²) in [5.74, 6) is 0.678. The Labute approximate surface area is 123 Å². The lowest BCUT2D eigenvalue weighted by Gasteiger charge is -2.13. The standard InChI is InChI=1S/C13H16BrF3O3/c1-19-12-3-2-9(7-11(12)14)6-10(18)4-5-20-8-13(15,16)17/h2-3,7,10,18H,4-6,8H2,1H3. The summed E-state index contributed by atoms with van der Waals surface area (Å²) >= 11 is 3.33. The molecule has 0 saturated carbocycles. The normalized spacial score (nSPS) is 13.3. The number of benzene rings is 1. The van der Waals surface area contributed by atoms with Gasteiger partial charge in [-0.2, -0.15) is 13.2 Å². The molecule has 0 aliphatic carbocycles. The average molecular weight is 357 g/mol. The van der Waals surface area contributed by atoms with E-state index in [1.54, 1.807) is 25.3 Å². The molecular formula is C13H16BrF3O3. The van der Waals surface area contributed by atoms with E-state index in [0.717, 1.165) is 10.0 Å². The number of rotatable bonds is 7. The van der Waals surface area contributed by atoms with E-state index in [9.17, 15) is 18.3 Å². The fraction of sp³-hybridized carbons (Fsp3) is 0.538. The third-order valence-electron chi connectivity index (χ3n) is 2.55. The van der Waals surface area contributed by atoms with Gasteiger partial charge in [-0.1, -0.05) is 6.07 Å². The third kappa shape index (κ3) is 6.58. The Kier molecular flexibility index (Phi) is 6.78. The maximum atomic E-state index is 11.8. The Morgan fingerprint density at radius 3 is 2.60 bits per heavy atom. The Balaban J connectivity index is 2.35. The molecule has 0 aliphatic rings. The van der Waals surface area contributed by atoms with Gasteiger partial charge in [0.25, 0.3) is 0 Å². The van der Waals surface area contributed by atoms with Crippen LogP contribution in [0.3, 0.4) is 0 Å². The van der Waals surface area contributed by atoms with Gasteiger partial charge in [0, 0.05) is 6.61 Å². The molecule has 3 nitrogen and oxygen atoms in total. The van der Waals surface area contributed by atoms with Crippen molar-refractivity contribution in [3.8, 4) is 5.75 Å². The molecular weight excluding hydrogens is 341 g/mol. The minimum Gasteiger partial charge on any atom is -0.496 e. The number of hydrogen-bond acceptors (Lipinski definition) is 3. The summed E-state index contributed by atoms with van der Waals surface area (Å²) in [6.07, 6.45) is -4.58. The van der Waals surface area contributed by atoms with Crippen LogP contribution < -0.4 is 4.74 Å². The molecule has 1 atom stereocenters. The number of methoxy groups -OCH3 is 1. The van der Waals surface area contributed by atoms with Crippen molar-refractivity contribution in [2.75, 3.05) is 20.3 Å². The van der Waals surface area contributed by atoms with Gasteiger partial charge in [-0.15, -0.1) is 0 Å². The molecule has 0 bridgehead atoms. The van der Waals surface area contributed by atoms with Gasteiger partial charge >= 0.3 is 6.18 Å². The Morgan fingerprint density at radius 2 is 2.05 bits per heavy atom. The molecule has 0 aliphatic heterocycles. The lowest BCUT2D eigenvalue weighted by Crippen LogP contribution is -2.20. The molecule has 1 aromatic rings.